The van der Waals surface area contributed by atoms with E-state index in [1.54, 1.807) is 6.07 Å². The van der Waals surface area contributed by atoms with Crippen molar-refractivity contribution in [2.24, 2.45) is 0 Å². The van der Waals surface area contributed by atoms with Gasteiger partial charge in [0.1, 0.15) is 16.7 Å². The van der Waals surface area contributed by atoms with Crippen LogP contribution in [0.15, 0.2) is 28.4 Å². The van der Waals surface area contributed by atoms with Gasteiger partial charge in [-0.25, -0.2) is 9.97 Å². The molecule has 2 rings (SSSR count). The van der Waals surface area contributed by atoms with Crippen LogP contribution in [0.1, 0.15) is 5.82 Å². The third-order valence-corrected chi connectivity index (χ3v) is 2.32. The second kappa shape index (κ2) is 3.67. The van der Waals surface area contributed by atoms with Gasteiger partial charge in [-0.05, 0) is 30.8 Å². The van der Waals surface area contributed by atoms with Crippen LogP contribution in [-0.2, 0) is 0 Å². The van der Waals surface area contributed by atoms with Gasteiger partial charge in [-0.2, -0.15) is 0 Å². The van der Waals surface area contributed by atoms with E-state index in [9.17, 15) is 0 Å². The fourth-order valence-electron chi connectivity index (χ4n) is 0.949. The Kier molecular flexibility index (Phi) is 2.36. The molecular weight excluding hydrogens is 198 g/mol. The number of anilines is 1. The summed E-state index contributed by atoms with van der Waals surface area (Å²) in [6, 6.07) is 5.46. The molecule has 0 aliphatic heterocycles. The molecule has 0 radical (unpaired) electrons. The fourth-order valence-corrected chi connectivity index (χ4v) is 1.71. The summed E-state index contributed by atoms with van der Waals surface area (Å²) >= 11 is 1.38. The topological polar surface area (TPSA) is 80.5 Å². The van der Waals surface area contributed by atoms with Crippen LogP contribution >= 0.6 is 11.8 Å². The number of nitrogens with zero attached hydrogens (tertiary/aromatic N) is 3. The third kappa shape index (κ3) is 2.02. The van der Waals surface area contributed by atoms with Gasteiger partial charge in [0, 0.05) is 0 Å². The number of H-pyrrole nitrogens is 1. The first kappa shape index (κ1) is 9.01. The molecule has 0 aromatic carbocycles. The number of nitrogen functional groups attached to an aromatic ring is 1. The van der Waals surface area contributed by atoms with E-state index in [1.165, 1.54) is 11.8 Å². The molecule has 0 saturated heterocycles. The summed E-state index contributed by atoms with van der Waals surface area (Å²) in [5.74, 6) is 1.29. The Morgan fingerprint density at radius 3 is 2.86 bits per heavy atom. The molecule has 14 heavy (non-hydrogen) atoms. The monoisotopic (exact) mass is 207 g/mol. The molecule has 6 heteroatoms. The van der Waals surface area contributed by atoms with Crippen molar-refractivity contribution in [2.45, 2.75) is 17.1 Å². The predicted octanol–water partition coefficient (Wildman–Crippen LogP) is 1.24. The van der Waals surface area contributed by atoms with E-state index in [1.807, 2.05) is 19.1 Å². The molecule has 0 fully saturated rings. The molecule has 0 amide bonds. The minimum Gasteiger partial charge on any atom is -0.384 e. The van der Waals surface area contributed by atoms with Crippen molar-refractivity contribution >= 4 is 17.6 Å². The second-order valence-electron chi connectivity index (χ2n) is 2.71. The number of nitrogens with one attached hydrogen (secondary N) is 1. The van der Waals surface area contributed by atoms with Crippen LogP contribution in [0.25, 0.3) is 0 Å². The second-order valence-corrected chi connectivity index (χ2v) is 3.69. The van der Waals surface area contributed by atoms with E-state index in [4.69, 9.17) is 5.73 Å². The Bertz CT molecular complexity index is 439. The van der Waals surface area contributed by atoms with Crippen LogP contribution in [0, 0.1) is 6.92 Å². The Hall–Kier alpha value is -1.56. The quantitative estimate of drug-likeness (QED) is 0.774. The Balaban J connectivity index is 2.18. The molecule has 0 aliphatic carbocycles. The minimum atomic E-state index is 0.502. The van der Waals surface area contributed by atoms with Gasteiger partial charge in [-0.3, -0.25) is 5.10 Å². The van der Waals surface area contributed by atoms with Gasteiger partial charge >= 0.3 is 0 Å². The van der Waals surface area contributed by atoms with Crippen molar-refractivity contribution in [3.8, 4) is 0 Å². The van der Waals surface area contributed by atoms with Gasteiger partial charge < -0.3 is 5.73 Å². The number of aryl methyl sites for hydroxylation is 1. The number of rotatable bonds is 2. The predicted molar refractivity (Wildman–Crippen MR) is 53.9 cm³/mol. The molecule has 0 bridgehead atoms. The third-order valence-electron chi connectivity index (χ3n) is 1.52. The summed E-state index contributed by atoms with van der Waals surface area (Å²) in [5, 5.41) is 8.20. The first-order chi connectivity index (χ1) is 6.74. The largest absolute Gasteiger partial charge is 0.384 e. The van der Waals surface area contributed by atoms with Gasteiger partial charge in [-0.15, -0.1) is 5.10 Å². The van der Waals surface area contributed by atoms with Crippen LogP contribution in [0.3, 0.4) is 0 Å². The normalized spacial score (nSPS) is 10.4. The maximum Gasteiger partial charge on any atom is 0.214 e. The number of nitrogens with two attached hydrogens (primary N) is 1. The zero-order valence-corrected chi connectivity index (χ0v) is 8.38. The number of aromatic nitrogens is 4. The lowest BCUT2D eigenvalue weighted by molar-refractivity contribution is 0.965. The Morgan fingerprint density at radius 1 is 1.36 bits per heavy atom. The van der Waals surface area contributed by atoms with Crippen molar-refractivity contribution < 1.29 is 0 Å². The van der Waals surface area contributed by atoms with Gasteiger partial charge in [0.05, 0.1) is 0 Å². The highest BCUT2D eigenvalue weighted by Gasteiger charge is 2.03. The molecule has 2 aromatic heterocycles. The van der Waals surface area contributed by atoms with Crippen LogP contribution in [-0.4, -0.2) is 20.2 Å². The summed E-state index contributed by atoms with van der Waals surface area (Å²) in [6.07, 6.45) is 0. The van der Waals surface area contributed by atoms with Gasteiger partial charge in [0.25, 0.3) is 0 Å². The number of aromatic amines is 1. The van der Waals surface area contributed by atoms with E-state index < -0.39 is 0 Å². The summed E-state index contributed by atoms with van der Waals surface area (Å²) in [5.41, 5.74) is 5.54. The summed E-state index contributed by atoms with van der Waals surface area (Å²) in [7, 11) is 0. The Morgan fingerprint density at radius 2 is 2.21 bits per heavy atom. The van der Waals surface area contributed by atoms with E-state index in [2.05, 4.69) is 20.2 Å². The van der Waals surface area contributed by atoms with Crippen molar-refractivity contribution in [2.75, 3.05) is 5.73 Å². The van der Waals surface area contributed by atoms with Gasteiger partial charge in [0.2, 0.25) is 5.16 Å². The van der Waals surface area contributed by atoms with Crippen LogP contribution < -0.4 is 5.73 Å². The molecule has 5 nitrogen and oxygen atoms in total. The molecule has 0 unspecified atom stereocenters. The van der Waals surface area contributed by atoms with Crippen molar-refractivity contribution in [1.29, 1.82) is 0 Å². The average Bonchev–Trinajstić information content (AvgIpc) is 2.51. The molecule has 0 spiro atoms. The van der Waals surface area contributed by atoms with E-state index in [0.717, 1.165) is 10.9 Å². The minimum absolute atomic E-state index is 0.502. The molecule has 3 N–H and O–H groups in total. The first-order valence-corrected chi connectivity index (χ1v) is 4.85. The number of hydrogen-bond acceptors (Lipinski definition) is 5. The standard InChI is InChI=1S/C8H9N5S/c1-5-10-8(13-12-5)14-7-4-2-3-6(9)11-7/h2-4H,1H3,(H2,9,11)(H,10,12,13). The molecule has 72 valence electrons. The summed E-state index contributed by atoms with van der Waals surface area (Å²) in [6.45, 7) is 1.85. The fraction of sp³-hybridized carbons (Fsp3) is 0.125. The first-order valence-electron chi connectivity index (χ1n) is 4.03. The van der Waals surface area contributed by atoms with Gasteiger partial charge in [-0.1, -0.05) is 6.07 Å². The zero-order chi connectivity index (χ0) is 9.97. The van der Waals surface area contributed by atoms with E-state index in [-0.39, 0.29) is 0 Å². The Labute approximate surface area is 85.2 Å². The van der Waals surface area contributed by atoms with E-state index >= 15 is 0 Å². The molecule has 0 saturated carbocycles. The van der Waals surface area contributed by atoms with Crippen LogP contribution in [0.4, 0.5) is 5.82 Å². The van der Waals surface area contributed by atoms with Crippen molar-refractivity contribution in [1.82, 2.24) is 20.2 Å². The lowest BCUT2D eigenvalue weighted by atomic mass is 10.5. The number of pyridine rings is 1. The smallest absolute Gasteiger partial charge is 0.214 e. The lowest BCUT2D eigenvalue weighted by Crippen LogP contribution is -1.90. The highest BCUT2D eigenvalue weighted by Crippen LogP contribution is 2.22. The molecule has 2 heterocycles. The van der Waals surface area contributed by atoms with Gasteiger partial charge in [0.15, 0.2) is 0 Å². The summed E-state index contributed by atoms with van der Waals surface area (Å²) < 4.78 is 0. The molecular formula is C8H9N5S. The zero-order valence-electron chi connectivity index (χ0n) is 7.56. The van der Waals surface area contributed by atoms with Crippen LogP contribution in [0.2, 0.25) is 0 Å². The molecule has 2 aromatic rings. The molecule has 0 aliphatic rings. The average molecular weight is 207 g/mol. The lowest BCUT2D eigenvalue weighted by Gasteiger charge is -1.96. The maximum absolute atomic E-state index is 5.54. The van der Waals surface area contributed by atoms with Crippen LogP contribution in [0.5, 0.6) is 0 Å². The molecule has 0 atom stereocenters. The highest BCUT2D eigenvalue weighted by molar-refractivity contribution is 7.99. The highest BCUT2D eigenvalue weighted by atomic mass is 32.2. The van der Waals surface area contributed by atoms with E-state index in [0.29, 0.717) is 11.0 Å². The SMILES string of the molecule is Cc1nc(Sc2cccc(N)n2)n[nH]1. The number of hydrogen-bond donors (Lipinski definition) is 2. The van der Waals surface area contributed by atoms with Crippen molar-refractivity contribution in [3.63, 3.8) is 0 Å². The maximum atomic E-state index is 5.54. The summed E-state index contributed by atoms with van der Waals surface area (Å²) in [4.78, 5) is 8.28. The van der Waals surface area contributed by atoms with Crippen molar-refractivity contribution in [3.05, 3.63) is 24.0 Å².